The van der Waals surface area contributed by atoms with Crippen molar-refractivity contribution in [3.63, 3.8) is 0 Å². The Morgan fingerprint density at radius 3 is 2.67 bits per heavy atom. The number of carbonyl (C=O) groups excluding carboxylic acids is 1. The van der Waals surface area contributed by atoms with Gasteiger partial charge in [-0.2, -0.15) is 0 Å². The summed E-state index contributed by atoms with van der Waals surface area (Å²) in [6.45, 7) is 1.47. The van der Waals surface area contributed by atoms with Gasteiger partial charge >= 0.3 is 0 Å². The molecule has 1 N–H and O–H groups in total. The fourth-order valence-electron chi connectivity index (χ4n) is 3.25. The van der Waals surface area contributed by atoms with E-state index in [0.717, 1.165) is 13.0 Å². The van der Waals surface area contributed by atoms with Crippen LogP contribution in [-0.2, 0) is 18.3 Å². The SMILES string of the molecule is COc1ccc(C(=O)Nc2c(Cl)cncc2Cl)c2c1nc(CC=NOCCCN(C)C)n2C. The molecule has 1 amide bonds. The number of methoxy groups -OCH3 is 1. The minimum absolute atomic E-state index is 0.244. The van der Waals surface area contributed by atoms with Crippen LogP contribution in [0.15, 0.2) is 29.7 Å². The van der Waals surface area contributed by atoms with Crippen molar-refractivity contribution in [2.45, 2.75) is 12.8 Å². The second-order valence-electron chi connectivity index (χ2n) is 7.51. The summed E-state index contributed by atoms with van der Waals surface area (Å²) < 4.78 is 7.29. The van der Waals surface area contributed by atoms with Gasteiger partial charge in [0, 0.05) is 32.4 Å². The number of nitrogens with zero attached hydrogens (tertiary/aromatic N) is 5. The molecular formula is C22H26Cl2N6O3. The number of fused-ring (bicyclic) bond motifs is 1. The van der Waals surface area contributed by atoms with E-state index in [1.165, 1.54) is 12.4 Å². The summed E-state index contributed by atoms with van der Waals surface area (Å²) in [5.41, 5.74) is 1.87. The molecule has 0 unspecified atom stereocenters. The Morgan fingerprint density at radius 2 is 2.00 bits per heavy atom. The number of aryl methyl sites for hydroxylation is 1. The van der Waals surface area contributed by atoms with Crippen LogP contribution in [0.4, 0.5) is 5.69 Å². The normalized spacial score (nSPS) is 11.5. The molecule has 9 nitrogen and oxygen atoms in total. The molecule has 0 aliphatic carbocycles. The molecule has 0 fully saturated rings. The molecule has 0 aliphatic heterocycles. The van der Waals surface area contributed by atoms with Gasteiger partial charge in [-0.15, -0.1) is 0 Å². The van der Waals surface area contributed by atoms with E-state index in [2.05, 4.69) is 25.3 Å². The smallest absolute Gasteiger partial charge is 0.257 e. The summed E-state index contributed by atoms with van der Waals surface area (Å²) in [7, 11) is 7.41. The van der Waals surface area contributed by atoms with Crippen LogP contribution in [-0.4, -0.2) is 65.9 Å². The van der Waals surface area contributed by atoms with E-state index in [1.807, 2.05) is 25.7 Å². The molecule has 11 heteroatoms. The maximum atomic E-state index is 13.1. The first-order valence-electron chi connectivity index (χ1n) is 10.2. The van der Waals surface area contributed by atoms with Gasteiger partial charge in [0.2, 0.25) is 0 Å². The predicted octanol–water partition coefficient (Wildman–Crippen LogP) is 4.03. The predicted molar refractivity (Wildman–Crippen MR) is 131 cm³/mol. The van der Waals surface area contributed by atoms with Gasteiger partial charge in [-0.25, -0.2) is 4.98 Å². The first-order chi connectivity index (χ1) is 15.8. The Morgan fingerprint density at radius 1 is 1.27 bits per heavy atom. The van der Waals surface area contributed by atoms with Gasteiger partial charge in [0.15, 0.2) is 0 Å². The third kappa shape index (κ3) is 5.93. The fourth-order valence-corrected chi connectivity index (χ4v) is 3.71. The van der Waals surface area contributed by atoms with Crippen LogP contribution in [0.1, 0.15) is 22.6 Å². The molecule has 0 aliphatic rings. The lowest BCUT2D eigenvalue weighted by Gasteiger charge is -2.11. The molecule has 0 saturated heterocycles. The van der Waals surface area contributed by atoms with Gasteiger partial charge in [-0.05, 0) is 32.6 Å². The van der Waals surface area contributed by atoms with Crippen LogP contribution in [0.3, 0.4) is 0 Å². The third-order valence-corrected chi connectivity index (χ3v) is 5.47. The average molecular weight is 493 g/mol. The lowest BCUT2D eigenvalue weighted by Crippen LogP contribution is -2.14. The van der Waals surface area contributed by atoms with Crippen molar-refractivity contribution in [2.75, 3.05) is 39.7 Å². The summed E-state index contributed by atoms with van der Waals surface area (Å²) in [5.74, 6) is 0.870. The number of hydrogen-bond donors (Lipinski definition) is 1. The number of carbonyl (C=O) groups is 1. The zero-order valence-electron chi connectivity index (χ0n) is 18.9. The van der Waals surface area contributed by atoms with Gasteiger partial charge in [-0.1, -0.05) is 28.4 Å². The maximum Gasteiger partial charge on any atom is 0.257 e. The molecule has 3 rings (SSSR count). The number of ether oxygens (including phenoxy) is 1. The molecule has 0 bridgehead atoms. The van der Waals surface area contributed by atoms with Gasteiger partial charge in [0.1, 0.15) is 23.7 Å². The number of pyridine rings is 1. The standard InChI is InChI=1S/C22H26Cl2N6O3/c1-29(2)10-5-11-33-26-9-8-18-27-20-17(32-4)7-6-14(21(20)30(18)3)22(31)28-19-15(23)12-25-13-16(19)24/h6-7,9,12-13H,5,8,10-11H2,1-4H3,(H,25,28,31). The highest BCUT2D eigenvalue weighted by Gasteiger charge is 2.21. The molecule has 3 aromatic rings. The van der Waals surface area contributed by atoms with Crippen LogP contribution in [0.25, 0.3) is 11.0 Å². The largest absolute Gasteiger partial charge is 0.494 e. The van der Waals surface area contributed by atoms with Crippen molar-refractivity contribution in [3.8, 4) is 5.75 Å². The number of nitrogens with one attached hydrogen (secondary N) is 1. The summed E-state index contributed by atoms with van der Waals surface area (Å²) >= 11 is 12.3. The average Bonchev–Trinajstić information content (AvgIpc) is 3.11. The van der Waals surface area contributed by atoms with Crippen LogP contribution in [0.5, 0.6) is 5.75 Å². The van der Waals surface area contributed by atoms with E-state index in [4.69, 9.17) is 32.8 Å². The first-order valence-corrected chi connectivity index (χ1v) is 11.0. The number of anilines is 1. The van der Waals surface area contributed by atoms with Gasteiger partial charge in [0.25, 0.3) is 5.91 Å². The zero-order chi connectivity index (χ0) is 24.0. The Labute approximate surface area is 202 Å². The highest BCUT2D eigenvalue weighted by molar-refractivity contribution is 6.39. The minimum atomic E-state index is -0.384. The van der Waals surface area contributed by atoms with E-state index in [-0.39, 0.29) is 16.0 Å². The highest BCUT2D eigenvalue weighted by Crippen LogP contribution is 2.32. The summed E-state index contributed by atoms with van der Waals surface area (Å²) in [4.78, 5) is 29.1. The Balaban J connectivity index is 1.84. The first kappa shape index (κ1) is 24.8. The van der Waals surface area contributed by atoms with E-state index in [0.29, 0.717) is 46.9 Å². The van der Waals surface area contributed by atoms with Gasteiger partial charge in [-0.3, -0.25) is 9.78 Å². The molecule has 2 heterocycles. The topological polar surface area (TPSA) is 93.9 Å². The number of aromatic nitrogens is 3. The lowest BCUT2D eigenvalue weighted by molar-refractivity contribution is 0.102. The monoisotopic (exact) mass is 492 g/mol. The number of amides is 1. The molecular weight excluding hydrogens is 467 g/mol. The minimum Gasteiger partial charge on any atom is -0.494 e. The van der Waals surface area contributed by atoms with Crippen LogP contribution < -0.4 is 10.1 Å². The molecule has 0 spiro atoms. The molecule has 2 aromatic heterocycles. The second-order valence-corrected chi connectivity index (χ2v) is 8.33. The number of rotatable bonds is 10. The number of benzene rings is 1. The van der Waals surface area contributed by atoms with Crippen molar-refractivity contribution in [1.29, 1.82) is 0 Å². The van der Waals surface area contributed by atoms with Gasteiger partial charge in [0.05, 0.1) is 40.1 Å². The van der Waals surface area contributed by atoms with Crippen molar-refractivity contribution in [1.82, 2.24) is 19.4 Å². The highest BCUT2D eigenvalue weighted by atomic mass is 35.5. The number of oxime groups is 1. The molecule has 176 valence electrons. The van der Waals surface area contributed by atoms with Crippen molar-refractivity contribution in [3.05, 3.63) is 46.0 Å². The van der Waals surface area contributed by atoms with E-state index >= 15 is 0 Å². The van der Waals surface area contributed by atoms with Crippen molar-refractivity contribution in [2.24, 2.45) is 12.2 Å². The zero-order valence-corrected chi connectivity index (χ0v) is 20.4. The third-order valence-electron chi connectivity index (χ3n) is 4.90. The maximum absolute atomic E-state index is 13.1. The molecule has 0 radical (unpaired) electrons. The van der Waals surface area contributed by atoms with E-state index < -0.39 is 0 Å². The number of imidazole rings is 1. The van der Waals surface area contributed by atoms with Crippen LogP contribution in [0, 0.1) is 0 Å². The number of hydrogen-bond acceptors (Lipinski definition) is 7. The quantitative estimate of drug-likeness (QED) is 0.260. The lowest BCUT2D eigenvalue weighted by atomic mass is 10.1. The Kier molecular flexibility index (Phi) is 8.49. The second kappa shape index (κ2) is 11.3. The van der Waals surface area contributed by atoms with Crippen LogP contribution in [0.2, 0.25) is 10.0 Å². The Bertz CT molecular complexity index is 1140. The molecule has 33 heavy (non-hydrogen) atoms. The van der Waals surface area contributed by atoms with Crippen LogP contribution >= 0.6 is 23.2 Å². The summed E-state index contributed by atoms with van der Waals surface area (Å²) in [5, 5.41) is 7.26. The molecule has 1 aromatic carbocycles. The van der Waals surface area contributed by atoms with E-state index in [1.54, 1.807) is 25.5 Å². The van der Waals surface area contributed by atoms with Crippen molar-refractivity contribution < 1.29 is 14.4 Å². The molecule has 0 saturated carbocycles. The van der Waals surface area contributed by atoms with Gasteiger partial charge < -0.3 is 24.4 Å². The Hall–Kier alpha value is -2.88. The summed E-state index contributed by atoms with van der Waals surface area (Å²) in [6.07, 6.45) is 5.79. The molecule has 0 atom stereocenters. The summed E-state index contributed by atoms with van der Waals surface area (Å²) in [6, 6.07) is 3.37. The fraction of sp³-hybridized carbons (Fsp3) is 0.364. The van der Waals surface area contributed by atoms with E-state index in [9.17, 15) is 4.79 Å². The number of halogens is 2. The van der Waals surface area contributed by atoms with Crippen molar-refractivity contribution >= 4 is 52.0 Å².